The lowest BCUT2D eigenvalue weighted by atomic mass is 9.97. The van der Waals surface area contributed by atoms with Gasteiger partial charge in [0.2, 0.25) is 16.0 Å². The summed E-state index contributed by atoms with van der Waals surface area (Å²) >= 11 is 0. The molecule has 38 heavy (non-hydrogen) atoms. The Morgan fingerprint density at radius 2 is 1.95 bits per heavy atom. The van der Waals surface area contributed by atoms with Crippen LogP contribution in [0.15, 0.2) is 35.4 Å². The number of anilines is 1. The first-order chi connectivity index (χ1) is 17.9. The van der Waals surface area contributed by atoms with E-state index >= 15 is 4.39 Å². The molecule has 2 fully saturated rings. The predicted octanol–water partition coefficient (Wildman–Crippen LogP) is 3.47. The van der Waals surface area contributed by atoms with Crippen molar-refractivity contribution in [2.75, 3.05) is 25.1 Å². The molecule has 1 aliphatic heterocycles. The molecule has 0 spiro atoms. The Balaban J connectivity index is 1.36. The van der Waals surface area contributed by atoms with Crippen LogP contribution in [0, 0.1) is 5.95 Å². The van der Waals surface area contributed by atoms with E-state index < -0.39 is 33.8 Å². The first kappa shape index (κ1) is 25.5. The molecule has 2 aliphatic carbocycles. The standard InChI is InChI=1S/C27H30F2N4O4S/c1-26(2,29)12-31-38(35,36)24-19-9-18(32-17-5-6-23(30-11-17)27(34)13-37-14-27)7-16(19)8-21-20(24)10-22(15-3-4-15)33-25(21)28/h5-6,8,10-11,15,18,31-32,34H,3-4,7,9,12-14H2,1-2H3. The normalized spacial score (nSPS) is 20.8. The van der Waals surface area contributed by atoms with Gasteiger partial charge in [0, 0.05) is 35.0 Å². The second-order valence-corrected chi connectivity index (χ2v) is 13.0. The quantitative estimate of drug-likeness (QED) is 0.372. The van der Waals surface area contributed by atoms with E-state index in [4.69, 9.17) is 4.74 Å². The number of hydrogen-bond acceptors (Lipinski definition) is 7. The third-order valence-corrected chi connectivity index (χ3v) is 8.94. The Morgan fingerprint density at radius 1 is 1.18 bits per heavy atom. The van der Waals surface area contributed by atoms with Crippen molar-refractivity contribution in [1.29, 1.82) is 0 Å². The van der Waals surface area contributed by atoms with Crippen LogP contribution in [0.4, 0.5) is 14.5 Å². The van der Waals surface area contributed by atoms with Gasteiger partial charge in [0.15, 0.2) is 5.60 Å². The van der Waals surface area contributed by atoms with Gasteiger partial charge >= 0.3 is 0 Å². The highest BCUT2D eigenvalue weighted by Crippen LogP contribution is 2.43. The number of ether oxygens (including phenoxy) is 1. The number of rotatable bonds is 8. The molecule has 1 aromatic carbocycles. The second-order valence-electron chi connectivity index (χ2n) is 11.3. The van der Waals surface area contributed by atoms with Crippen LogP contribution < -0.4 is 10.0 Å². The molecule has 1 saturated carbocycles. The van der Waals surface area contributed by atoms with E-state index in [1.807, 2.05) is 6.07 Å². The minimum Gasteiger partial charge on any atom is -0.380 e. The van der Waals surface area contributed by atoms with Crippen molar-refractivity contribution in [2.24, 2.45) is 0 Å². The highest BCUT2D eigenvalue weighted by Gasteiger charge is 2.39. The van der Waals surface area contributed by atoms with E-state index in [1.54, 1.807) is 24.4 Å². The molecule has 6 rings (SSSR count). The lowest BCUT2D eigenvalue weighted by Crippen LogP contribution is -2.47. The maximum atomic E-state index is 15.2. The molecule has 202 valence electrons. The Kier molecular flexibility index (Phi) is 5.99. The van der Waals surface area contributed by atoms with Crippen LogP contribution in [-0.2, 0) is 33.2 Å². The zero-order chi connectivity index (χ0) is 26.9. The molecule has 3 aromatic rings. The van der Waals surface area contributed by atoms with Crippen LogP contribution in [-0.4, -0.2) is 55.0 Å². The number of hydrogen-bond donors (Lipinski definition) is 3. The predicted molar refractivity (Wildman–Crippen MR) is 138 cm³/mol. The van der Waals surface area contributed by atoms with Crippen LogP contribution in [0.1, 0.15) is 55.1 Å². The van der Waals surface area contributed by atoms with E-state index in [-0.39, 0.29) is 40.8 Å². The first-order valence-electron chi connectivity index (χ1n) is 12.8. The maximum Gasteiger partial charge on any atom is 0.241 e. The number of benzene rings is 1. The van der Waals surface area contributed by atoms with Gasteiger partial charge in [-0.05, 0) is 74.9 Å². The number of pyridine rings is 2. The van der Waals surface area contributed by atoms with E-state index in [1.165, 1.54) is 13.8 Å². The molecule has 8 nitrogen and oxygen atoms in total. The summed E-state index contributed by atoms with van der Waals surface area (Å²) in [6.07, 6.45) is 4.25. The van der Waals surface area contributed by atoms with E-state index in [0.29, 0.717) is 41.0 Å². The molecular weight excluding hydrogens is 514 g/mol. The molecular formula is C27H30F2N4O4S. The molecule has 1 saturated heterocycles. The molecule has 3 N–H and O–H groups in total. The highest BCUT2D eigenvalue weighted by atomic mass is 32.2. The SMILES string of the molecule is CC(C)(F)CNS(=O)(=O)c1c2c(cc3c(F)nc(C4CC4)cc13)CC(Nc1ccc(C3(O)COC3)nc1)C2. The minimum atomic E-state index is -4.16. The largest absolute Gasteiger partial charge is 0.380 e. The fraction of sp³-hybridized carbons (Fsp3) is 0.481. The van der Waals surface area contributed by atoms with Gasteiger partial charge < -0.3 is 15.2 Å². The molecule has 1 atom stereocenters. The summed E-state index contributed by atoms with van der Waals surface area (Å²) in [6.45, 7) is 2.61. The lowest BCUT2D eigenvalue weighted by Gasteiger charge is -2.35. The average molecular weight is 545 g/mol. The van der Waals surface area contributed by atoms with Crippen molar-refractivity contribution in [3.05, 3.63) is 58.9 Å². The van der Waals surface area contributed by atoms with Gasteiger partial charge in [0.1, 0.15) is 5.67 Å². The third-order valence-electron chi connectivity index (χ3n) is 7.41. The second kappa shape index (κ2) is 8.90. The van der Waals surface area contributed by atoms with Crippen molar-refractivity contribution in [3.63, 3.8) is 0 Å². The first-order valence-corrected chi connectivity index (χ1v) is 14.3. The van der Waals surface area contributed by atoms with Crippen LogP contribution in [0.3, 0.4) is 0 Å². The van der Waals surface area contributed by atoms with Gasteiger partial charge in [0.05, 0.1) is 35.7 Å². The Labute approximate surface area is 219 Å². The molecule has 0 amide bonds. The molecule has 3 aliphatic rings. The van der Waals surface area contributed by atoms with Gasteiger partial charge in [-0.15, -0.1) is 0 Å². The maximum absolute atomic E-state index is 15.2. The number of alkyl halides is 1. The molecule has 11 heteroatoms. The van der Waals surface area contributed by atoms with Crippen LogP contribution >= 0.6 is 0 Å². The van der Waals surface area contributed by atoms with Crippen LogP contribution in [0.25, 0.3) is 10.8 Å². The summed E-state index contributed by atoms with van der Waals surface area (Å²) in [5.74, 6) is -0.562. The van der Waals surface area contributed by atoms with E-state index in [0.717, 1.165) is 12.8 Å². The van der Waals surface area contributed by atoms with Crippen molar-refractivity contribution in [2.45, 2.75) is 67.7 Å². The van der Waals surface area contributed by atoms with Crippen LogP contribution in [0.2, 0.25) is 0 Å². The topological polar surface area (TPSA) is 113 Å². The summed E-state index contributed by atoms with van der Waals surface area (Å²) in [5.41, 5.74) is 0.274. The zero-order valence-corrected chi connectivity index (χ0v) is 22.0. The summed E-state index contributed by atoms with van der Waals surface area (Å²) < 4.78 is 64.2. The molecule has 0 radical (unpaired) electrons. The number of nitrogens with zero attached hydrogens (tertiary/aromatic N) is 2. The zero-order valence-electron chi connectivity index (χ0n) is 21.2. The number of fused-ring (bicyclic) bond motifs is 2. The Hall–Kier alpha value is -2.73. The van der Waals surface area contributed by atoms with Gasteiger partial charge in [-0.3, -0.25) is 4.98 Å². The Morgan fingerprint density at radius 3 is 2.55 bits per heavy atom. The Bertz CT molecular complexity index is 1520. The fourth-order valence-corrected chi connectivity index (χ4v) is 6.87. The average Bonchev–Trinajstić information content (AvgIpc) is 3.61. The van der Waals surface area contributed by atoms with E-state index in [9.17, 15) is 17.9 Å². The number of halogens is 2. The number of sulfonamides is 1. The summed E-state index contributed by atoms with van der Waals surface area (Å²) in [7, 11) is -4.16. The molecule has 0 bridgehead atoms. The number of aliphatic hydroxyl groups is 1. The number of nitrogens with one attached hydrogen (secondary N) is 2. The van der Waals surface area contributed by atoms with Gasteiger partial charge in [0.25, 0.3) is 0 Å². The highest BCUT2D eigenvalue weighted by molar-refractivity contribution is 7.89. The van der Waals surface area contributed by atoms with Gasteiger partial charge in [-0.2, -0.15) is 4.39 Å². The van der Waals surface area contributed by atoms with Crippen LogP contribution in [0.5, 0.6) is 0 Å². The lowest BCUT2D eigenvalue weighted by molar-refractivity contribution is -0.186. The number of aromatic nitrogens is 2. The van der Waals surface area contributed by atoms with Gasteiger partial charge in [-0.25, -0.2) is 22.5 Å². The minimum absolute atomic E-state index is 0.00225. The summed E-state index contributed by atoms with van der Waals surface area (Å²) in [6, 6.07) is 6.75. The van der Waals surface area contributed by atoms with Crippen molar-refractivity contribution in [3.8, 4) is 0 Å². The molecule has 2 aromatic heterocycles. The van der Waals surface area contributed by atoms with Crippen molar-refractivity contribution < 1.29 is 27.0 Å². The third kappa shape index (κ3) is 4.76. The van der Waals surface area contributed by atoms with Gasteiger partial charge in [-0.1, -0.05) is 0 Å². The summed E-state index contributed by atoms with van der Waals surface area (Å²) in [4.78, 5) is 8.50. The van der Waals surface area contributed by atoms with Crippen molar-refractivity contribution in [1.82, 2.24) is 14.7 Å². The molecule has 1 unspecified atom stereocenters. The molecule has 3 heterocycles. The summed E-state index contributed by atoms with van der Waals surface area (Å²) in [5, 5.41) is 14.2. The monoisotopic (exact) mass is 544 g/mol. The smallest absolute Gasteiger partial charge is 0.241 e. The van der Waals surface area contributed by atoms with E-state index in [2.05, 4.69) is 20.0 Å². The van der Waals surface area contributed by atoms with Crippen molar-refractivity contribution >= 4 is 26.5 Å². The fourth-order valence-electron chi connectivity index (χ4n) is 5.20.